The number of aromatic nitrogens is 12. The molecule has 16 N–H and O–H groups in total. The minimum atomic E-state index is -4.35. The Labute approximate surface area is 821 Å². The highest BCUT2D eigenvalue weighted by Crippen LogP contribution is 2.44. The summed E-state index contributed by atoms with van der Waals surface area (Å²) in [5, 5.41) is 69.0. The van der Waals surface area contributed by atoms with Crippen molar-refractivity contribution in [3.8, 4) is 17.0 Å². The second kappa shape index (κ2) is 43.6. The molecule has 0 saturated heterocycles. The van der Waals surface area contributed by atoms with E-state index in [1.807, 2.05) is 113 Å². The van der Waals surface area contributed by atoms with Gasteiger partial charge >= 0.3 is 6.18 Å². The van der Waals surface area contributed by atoms with Gasteiger partial charge in [0.1, 0.15) is 54.1 Å². The molecule has 2 unspecified atom stereocenters. The van der Waals surface area contributed by atoms with Crippen molar-refractivity contribution >= 4 is 176 Å². The first kappa shape index (κ1) is 105. The Kier molecular flexibility index (Phi) is 32.7. The van der Waals surface area contributed by atoms with E-state index in [1.165, 1.54) is 82.7 Å². The van der Waals surface area contributed by atoms with E-state index in [4.69, 9.17) is 33.4 Å². The van der Waals surface area contributed by atoms with Crippen molar-refractivity contribution in [3.63, 3.8) is 0 Å². The first-order chi connectivity index (χ1) is 66.0. The topological polar surface area (TPSA) is 494 Å². The van der Waals surface area contributed by atoms with Gasteiger partial charge in [0.15, 0.2) is 9.84 Å². The van der Waals surface area contributed by atoms with Crippen LogP contribution in [0.3, 0.4) is 0 Å². The van der Waals surface area contributed by atoms with Gasteiger partial charge in [-0.1, -0.05) is 97.9 Å². The van der Waals surface area contributed by atoms with Crippen LogP contribution in [0.4, 0.5) is 54.8 Å². The molecule has 16 rings (SSSR count). The highest BCUT2D eigenvalue weighted by atomic mass is 32.2. The maximum atomic E-state index is 13.6. The van der Waals surface area contributed by atoms with Crippen molar-refractivity contribution in [1.82, 2.24) is 87.5 Å². The molecule has 16 aromatic rings. The van der Waals surface area contributed by atoms with Crippen LogP contribution in [0.1, 0.15) is 192 Å². The standard InChI is InChI=1S/C21H19N5OS.C20H21F3N4OS.C20H22F2N4O2S.C19H22N4O3S2.C17H18FN5O2S/c1-12-13(2)25-26-21-17(12)18(22)19(28-21)20(27)24-11-14-3-5-15(6-4-14)16-7-9-23-10-8-16;1-10-11(2)26-27-18-14(10)15(24)16(29-18)17(28)25-9-12-5-7-13(8-6-12)19(3,4)20(21,22)23;1-10-11(2)25-26-18-14(10)15(23)16(29-18)17(27)24-9-12-5-7-13(8-6-12)19(3,28)20(4,21)22;1-4-9-28(25,26)14-7-5-13(6-8-14)10-21-18(24)17-16(20)15-11(2)12(3)22-23-19(15)27-17;1-8-9(2)22-23-17-13(8)14(19)15(26-17)16(24)21-7-11-4-5-12(20-6-11)25-10(3)18/h3-10H,11,22H2,1-2H3,(H,24,27);5-8H,9,24H2,1-4H3,(H,25,28);5-8,28H,9,23H2,1-4H3,(H,24,27);5-8H,4,9-10,20H2,1-3H3,(H,21,24);4-6,10H,7,19H2,1-3H3,(H,21,24). The van der Waals surface area contributed by atoms with E-state index in [0.29, 0.717) is 113 Å². The summed E-state index contributed by atoms with van der Waals surface area (Å²) in [4.78, 5) is 76.4. The van der Waals surface area contributed by atoms with Crippen LogP contribution in [-0.4, -0.2) is 128 Å². The summed E-state index contributed by atoms with van der Waals surface area (Å²) < 4.78 is 108. The van der Waals surface area contributed by atoms with Gasteiger partial charge in [0.05, 0.1) is 73.0 Å². The number of rotatable bonds is 24. The Hall–Kier alpha value is -14.0. The molecule has 0 bridgehead atoms. The molecule has 0 fully saturated rings. The van der Waals surface area contributed by atoms with Crippen LogP contribution in [-0.2, 0) is 53.6 Å². The van der Waals surface area contributed by atoms with Gasteiger partial charge in [-0.15, -0.1) is 82.2 Å². The number of nitrogens with zero attached hydrogens (tertiary/aromatic N) is 12. The van der Waals surface area contributed by atoms with E-state index < -0.39 is 39.3 Å². The number of nitrogens with two attached hydrogens (primary N) is 5. The summed E-state index contributed by atoms with van der Waals surface area (Å²) in [5.74, 6) is -4.47. The van der Waals surface area contributed by atoms with Gasteiger partial charge in [-0.05, 0) is 199 Å². The predicted molar refractivity (Wildman–Crippen MR) is 538 cm³/mol. The molecule has 5 amide bonds. The number of hydrogen-bond acceptors (Lipinski definition) is 31. The second-order valence-corrected chi connectivity index (χ2v) is 40.7. The molecule has 0 spiro atoms. The van der Waals surface area contributed by atoms with Crippen LogP contribution in [0.25, 0.3) is 62.2 Å². The summed E-state index contributed by atoms with van der Waals surface area (Å²) >= 11 is 6.03. The quantitative estimate of drug-likeness (QED) is 0.0250. The number of sulfone groups is 1. The lowest BCUT2D eigenvalue weighted by molar-refractivity contribution is -0.180. The minimum absolute atomic E-state index is 0.0956. The van der Waals surface area contributed by atoms with Gasteiger partial charge in [-0.3, -0.25) is 29.0 Å². The molecule has 140 heavy (non-hydrogen) atoms. The number of nitrogen functional groups attached to an aromatic ring is 5. The van der Waals surface area contributed by atoms with Crippen LogP contribution in [0.15, 0.2) is 145 Å². The molecular weight excluding hydrogens is 1920 g/mol. The number of nitrogens with one attached hydrogen (secondary N) is 5. The number of pyridine rings is 2. The molecule has 0 aliphatic carbocycles. The Morgan fingerprint density at radius 1 is 0.400 bits per heavy atom. The van der Waals surface area contributed by atoms with E-state index in [-0.39, 0.29) is 78.5 Å². The molecule has 0 aliphatic rings. The number of fused-ring (bicyclic) bond motifs is 5. The van der Waals surface area contributed by atoms with E-state index >= 15 is 0 Å². The zero-order chi connectivity index (χ0) is 102. The Bertz CT molecular complexity index is 7250. The fraction of sp³-hybridized carbons (Fsp3) is 0.289. The van der Waals surface area contributed by atoms with Crippen molar-refractivity contribution in [2.45, 2.75) is 184 Å². The monoisotopic (exact) mass is 2020 g/mol. The van der Waals surface area contributed by atoms with Crippen molar-refractivity contribution in [2.75, 3.05) is 34.4 Å². The lowest BCUT2D eigenvalue weighted by Crippen LogP contribution is -2.40. The van der Waals surface area contributed by atoms with Crippen LogP contribution in [0.5, 0.6) is 5.88 Å². The first-order valence-corrected chi connectivity index (χ1v) is 49.2. The lowest BCUT2D eigenvalue weighted by atomic mass is 9.83. The number of ether oxygens (including phenoxy) is 1. The van der Waals surface area contributed by atoms with Gasteiger partial charge < -0.3 is 65.1 Å². The van der Waals surface area contributed by atoms with Crippen LogP contribution >= 0.6 is 56.7 Å². The average molecular weight is 2030 g/mol. The molecule has 12 aromatic heterocycles. The SMILES string of the molecule is CCCS(=O)(=O)c1ccc(CNC(=O)c2sc3nnc(C)c(C)c3c2N)cc1.Cc1nnc2sc(C(=O)NCc3ccc(-c4ccncc4)cc3)c(N)c2c1C.Cc1nnc2sc(C(=O)NCc3ccc(C(C)(C)C(F)(F)F)cc3)c(N)c2c1C.Cc1nnc2sc(C(=O)NCc3ccc(C(C)(O)C(C)(F)F)cc3)c(N)c2c1C.Cc1nnc2sc(C(=O)NCc3ccc(OC(C)F)nc3)c(N)c2c1C. The molecule has 43 heteroatoms. The van der Waals surface area contributed by atoms with Crippen molar-refractivity contribution in [3.05, 3.63) is 260 Å². The summed E-state index contributed by atoms with van der Waals surface area (Å²) in [6.07, 6.45) is -0.148. The zero-order valence-corrected chi connectivity index (χ0v) is 83.9. The zero-order valence-electron chi connectivity index (χ0n) is 79.0. The molecule has 31 nitrogen and oxygen atoms in total. The second-order valence-electron chi connectivity index (χ2n) is 33.6. The molecule has 0 saturated carbocycles. The highest BCUT2D eigenvalue weighted by molar-refractivity contribution is 7.91. The Morgan fingerprint density at radius 3 is 0.943 bits per heavy atom. The Balaban J connectivity index is 0.000000157. The number of alkyl halides is 6. The van der Waals surface area contributed by atoms with Gasteiger partial charge in [-0.25, -0.2) is 26.6 Å². The van der Waals surface area contributed by atoms with Gasteiger partial charge in [-0.2, -0.15) is 38.7 Å². The molecule has 732 valence electrons. The smallest absolute Gasteiger partial charge is 0.397 e. The summed E-state index contributed by atoms with van der Waals surface area (Å²) in [7, 11) is -3.24. The van der Waals surface area contributed by atoms with Gasteiger partial charge in [0.2, 0.25) is 12.2 Å². The largest absolute Gasteiger partial charge is 0.444 e. The van der Waals surface area contributed by atoms with E-state index in [9.17, 15) is 63.8 Å². The van der Waals surface area contributed by atoms with Crippen LogP contribution < -0.4 is 60.0 Å². The summed E-state index contributed by atoms with van der Waals surface area (Å²) in [5.41, 5.74) is 43.6. The van der Waals surface area contributed by atoms with E-state index in [1.54, 1.807) is 73.1 Å². The molecule has 0 radical (unpaired) electrons. The third kappa shape index (κ3) is 23.6. The fourth-order valence-electron chi connectivity index (χ4n) is 14.1. The fourth-order valence-corrected chi connectivity index (χ4v) is 20.5. The van der Waals surface area contributed by atoms with Crippen molar-refractivity contribution in [2.24, 2.45) is 0 Å². The van der Waals surface area contributed by atoms with Crippen LogP contribution in [0.2, 0.25) is 0 Å². The number of aliphatic hydroxyl groups is 1. The molecule has 2 atom stereocenters. The number of carbonyl (C=O) groups excluding carboxylic acids is 5. The molecule has 0 aliphatic heterocycles. The third-order valence-corrected chi connectivity index (χ3v) is 30.9. The normalized spacial score (nSPS) is 12.2. The van der Waals surface area contributed by atoms with Crippen molar-refractivity contribution in [1.29, 1.82) is 0 Å². The maximum Gasteiger partial charge on any atom is 0.397 e. The number of halogens is 6. The van der Waals surface area contributed by atoms with E-state index in [2.05, 4.69) is 87.5 Å². The number of carbonyl (C=O) groups is 5. The predicted octanol–water partition coefficient (Wildman–Crippen LogP) is 18.1. The number of anilines is 5. The highest BCUT2D eigenvalue weighted by Gasteiger charge is 2.49. The number of benzene rings is 4. The van der Waals surface area contributed by atoms with Gasteiger partial charge in [0.25, 0.3) is 35.5 Å². The lowest BCUT2D eigenvalue weighted by Gasteiger charge is -2.30. The average Bonchev–Trinajstić information content (AvgIpc) is 1.67. The van der Waals surface area contributed by atoms with Crippen molar-refractivity contribution < 1.29 is 68.6 Å². The van der Waals surface area contributed by atoms with E-state index in [0.717, 1.165) is 143 Å². The first-order valence-electron chi connectivity index (χ1n) is 43.4. The summed E-state index contributed by atoms with van der Waals surface area (Å²) in [6, 6.07) is 33.9. The number of amides is 5. The summed E-state index contributed by atoms with van der Waals surface area (Å²) in [6.45, 7) is 27.2. The Morgan fingerprint density at radius 2 is 0.671 bits per heavy atom. The van der Waals surface area contributed by atoms with Crippen LogP contribution in [0, 0.1) is 69.2 Å². The third-order valence-electron chi connectivity index (χ3n) is 23.5. The number of thiophene rings is 5. The maximum absolute atomic E-state index is 13.6. The van der Waals surface area contributed by atoms with Gasteiger partial charge in [0, 0.05) is 98.2 Å². The molecule has 12 heterocycles. The number of aryl methyl sites for hydroxylation is 10. The number of hydrogen-bond donors (Lipinski definition) is 11. The minimum Gasteiger partial charge on any atom is -0.444 e. The molecule has 4 aromatic carbocycles. The molecular formula is C97H102F6N22O9S6.